The highest BCUT2D eigenvalue weighted by atomic mass is 19.1. The van der Waals surface area contributed by atoms with E-state index in [2.05, 4.69) is 0 Å². The van der Waals surface area contributed by atoms with Gasteiger partial charge in [-0.1, -0.05) is 0 Å². The van der Waals surface area contributed by atoms with Gasteiger partial charge in [0.05, 0.1) is 18.2 Å². The van der Waals surface area contributed by atoms with E-state index in [1.54, 1.807) is 0 Å². The summed E-state index contributed by atoms with van der Waals surface area (Å²) in [4.78, 5) is 21.4. The molecule has 0 N–H and O–H groups in total. The Morgan fingerprint density at radius 1 is 1.50 bits per heavy atom. The molecule has 0 bridgehead atoms. The van der Waals surface area contributed by atoms with Crippen LogP contribution in [0.3, 0.4) is 0 Å². The Balaban J connectivity index is 3.38. The van der Waals surface area contributed by atoms with Gasteiger partial charge in [0.25, 0.3) is 0 Å². The molecule has 0 aliphatic heterocycles. The molecular weight excluding hydrogens is 187 g/mol. The van der Waals surface area contributed by atoms with Gasteiger partial charge in [0, 0.05) is 0 Å². The molecule has 0 amide bonds. The third kappa shape index (κ3) is 1.79. The molecule has 0 aliphatic rings. The second-order valence-electron chi connectivity index (χ2n) is 2.75. The summed E-state index contributed by atoms with van der Waals surface area (Å²) in [5.41, 5.74) is 0.0162. The van der Waals surface area contributed by atoms with E-state index < -0.39 is 5.82 Å². The van der Waals surface area contributed by atoms with Crippen molar-refractivity contribution in [3.63, 3.8) is 0 Å². The second-order valence-corrected chi connectivity index (χ2v) is 2.75. The number of carbonyl (C=O) groups excluding carboxylic acids is 2. The molecule has 4 heteroatoms. The summed E-state index contributed by atoms with van der Waals surface area (Å²) < 4.78 is 17.9. The summed E-state index contributed by atoms with van der Waals surface area (Å²) in [6, 6.07) is 2.21. The van der Waals surface area contributed by atoms with Gasteiger partial charge in [0.15, 0.2) is 12.1 Å². The lowest BCUT2D eigenvalue weighted by Crippen LogP contribution is -2.01. The quantitative estimate of drug-likeness (QED) is 0.547. The summed E-state index contributed by atoms with van der Waals surface area (Å²) in [5, 5.41) is 0. The fourth-order valence-corrected chi connectivity index (χ4v) is 1.10. The molecule has 0 saturated carbocycles. The van der Waals surface area contributed by atoms with Crippen molar-refractivity contribution in [2.75, 3.05) is 7.11 Å². The molecule has 0 atom stereocenters. The number of rotatable bonds is 3. The maximum Gasteiger partial charge on any atom is 0.163 e. The van der Waals surface area contributed by atoms with E-state index in [1.165, 1.54) is 20.1 Å². The molecule has 0 aliphatic carbocycles. The first-order valence-corrected chi connectivity index (χ1v) is 3.93. The van der Waals surface area contributed by atoms with Crippen LogP contribution in [-0.2, 0) is 0 Å². The maximum absolute atomic E-state index is 13.1. The first kappa shape index (κ1) is 10.4. The lowest BCUT2D eigenvalue weighted by atomic mass is 10.1. The number of hydrogen-bond acceptors (Lipinski definition) is 3. The SMILES string of the molecule is COc1cc(C=O)c(F)cc1C(C)=O. The van der Waals surface area contributed by atoms with Crippen LogP contribution in [0.4, 0.5) is 4.39 Å². The highest BCUT2D eigenvalue weighted by Gasteiger charge is 2.12. The van der Waals surface area contributed by atoms with Crippen molar-refractivity contribution in [1.29, 1.82) is 0 Å². The van der Waals surface area contributed by atoms with Gasteiger partial charge < -0.3 is 4.74 Å². The number of carbonyl (C=O) groups is 2. The monoisotopic (exact) mass is 196 g/mol. The Labute approximate surface area is 80.5 Å². The van der Waals surface area contributed by atoms with Gasteiger partial charge in [-0.25, -0.2) is 4.39 Å². The van der Waals surface area contributed by atoms with E-state index in [0.717, 1.165) is 6.07 Å². The van der Waals surface area contributed by atoms with Crippen LogP contribution in [0.2, 0.25) is 0 Å². The van der Waals surface area contributed by atoms with Crippen LogP contribution < -0.4 is 4.74 Å². The molecular formula is C10H9FO3. The number of ketones is 1. The summed E-state index contributed by atoms with van der Waals surface area (Å²) in [5.74, 6) is -0.815. The molecule has 0 saturated heterocycles. The normalized spacial score (nSPS) is 9.64. The minimum absolute atomic E-state index is 0.119. The largest absolute Gasteiger partial charge is 0.496 e. The topological polar surface area (TPSA) is 43.4 Å². The molecule has 0 aromatic heterocycles. The molecule has 1 rings (SSSR count). The minimum atomic E-state index is -0.717. The summed E-state index contributed by atoms with van der Waals surface area (Å²) in [6.45, 7) is 1.30. The van der Waals surface area contributed by atoms with Gasteiger partial charge >= 0.3 is 0 Å². The van der Waals surface area contributed by atoms with Gasteiger partial charge in [-0.2, -0.15) is 0 Å². The van der Waals surface area contributed by atoms with Crippen molar-refractivity contribution in [3.05, 3.63) is 29.1 Å². The van der Waals surface area contributed by atoms with Crippen molar-refractivity contribution in [2.24, 2.45) is 0 Å². The van der Waals surface area contributed by atoms with Crippen molar-refractivity contribution in [2.45, 2.75) is 6.92 Å². The third-order valence-corrected chi connectivity index (χ3v) is 1.83. The van der Waals surface area contributed by atoms with Gasteiger partial charge in [0.1, 0.15) is 11.6 Å². The first-order valence-electron chi connectivity index (χ1n) is 3.93. The van der Waals surface area contributed by atoms with Crippen molar-refractivity contribution >= 4 is 12.1 Å². The van der Waals surface area contributed by atoms with E-state index in [4.69, 9.17) is 4.74 Å². The molecule has 3 nitrogen and oxygen atoms in total. The van der Waals surface area contributed by atoms with Crippen LogP contribution in [0, 0.1) is 5.82 Å². The number of benzene rings is 1. The molecule has 14 heavy (non-hydrogen) atoms. The zero-order valence-corrected chi connectivity index (χ0v) is 7.83. The Hall–Kier alpha value is -1.71. The molecule has 0 fully saturated rings. The third-order valence-electron chi connectivity index (χ3n) is 1.83. The molecule has 1 aromatic carbocycles. The summed E-state index contributed by atoms with van der Waals surface area (Å²) in [7, 11) is 1.36. The van der Waals surface area contributed by atoms with Gasteiger partial charge in [-0.05, 0) is 19.1 Å². The van der Waals surface area contributed by atoms with Gasteiger partial charge in [-0.15, -0.1) is 0 Å². The van der Waals surface area contributed by atoms with E-state index >= 15 is 0 Å². The number of aldehydes is 1. The zero-order valence-electron chi connectivity index (χ0n) is 7.83. The van der Waals surface area contributed by atoms with E-state index in [9.17, 15) is 14.0 Å². The fourth-order valence-electron chi connectivity index (χ4n) is 1.10. The first-order chi connectivity index (χ1) is 6.60. The molecule has 74 valence electrons. The van der Waals surface area contributed by atoms with Crippen molar-refractivity contribution in [3.8, 4) is 5.75 Å². The summed E-state index contributed by atoms with van der Waals surface area (Å²) in [6.07, 6.45) is 0.377. The van der Waals surface area contributed by atoms with Gasteiger partial charge in [0.2, 0.25) is 0 Å². The minimum Gasteiger partial charge on any atom is -0.496 e. The fraction of sp³-hybridized carbons (Fsp3) is 0.200. The smallest absolute Gasteiger partial charge is 0.163 e. The van der Waals surface area contributed by atoms with Crippen LogP contribution in [0.1, 0.15) is 27.6 Å². The lowest BCUT2D eigenvalue weighted by Gasteiger charge is -2.06. The molecule has 0 radical (unpaired) electrons. The van der Waals surface area contributed by atoms with Crippen molar-refractivity contribution < 1.29 is 18.7 Å². The number of methoxy groups -OCH3 is 1. The average molecular weight is 196 g/mol. The van der Waals surface area contributed by atoms with Crippen molar-refractivity contribution in [1.82, 2.24) is 0 Å². The zero-order chi connectivity index (χ0) is 10.7. The predicted molar refractivity (Wildman–Crippen MR) is 48.3 cm³/mol. The van der Waals surface area contributed by atoms with Crippen LogP contribution in [-0.4, -0.2) is 19.2 Å². The van der Waals surface area contributed by atoms with Crippen LogP contribution in [0.15, 0.2) is 12.1 Å². The van der Waals surface area contributed by atoms with E-state index in [0.29, 0.717) is 6.29 Å². The molecule has 0 heterocycles. The highest BCUT2D eigenvalue weighted by Crippen LogP contribution is 2.22. The van der Waals surface area contributed by atoms with Crippen LogP contribution in [0.25, 0.3) is 0 Å². The number of hydrogen-bond donors (Lipinski definition) is 0. The second kappa shape index (κ2) is 4.00. The standard InChI is InChI=1S/C10H9FO3/c1-6(13)8-4-9(11)7(5-12)3-10(8)14-2/h3-5H,1-2H3. The van der Waals surface area contributed by atoms with E-state index in [-0.39, 0.29) is 22.7 Å². The average Bonchev–Trinajstić information content (AvgIpc) is 2.17. The Kier molecular flexibility index (Phi) is 2.96. The van der Waals surface area contributed by atoms with E-state index in [1.807, 2.05) is 0 Å². The number of Topliss-reactive ketones (excluding diaryl/α,β-unsaturated/α-hetero) is 1. The molecule has 1 aromatic rings. The van der Waals surface area contributed by atoms with Gasteiger partial charge in [-0.3, -0.25) is 9.59 Å². The van der Waals surface area contributed by atoms with Crippen LogP contribution in [0.5, 0.6) is 5.75 Å². The molecule has 0 unspecified atom stereocenters. The Bertz CT molecular complexity index is 385. The summed E-state index contributed by atoms with van der Waals surface area (Å²) >= 11 is 0. The Morgan fingerprint density at radius 2 is 2.14 bits per heavy atom. The number of halogens is 1. The maximum atomic E-state index is 13.1. The highest BCUT2D eigenvalue weighted by molar-refractivity contribution is 5.97. The Morgan fingerprint density at radius 3 is 2.57 bits per heavy atom. The molecule has 0 spiro atoms. The number of ether oxygens (including phenoxy) is 1. The lowest BCUT2D eigenvalue weighted by molar-refractivity contribution is 0.101. The van der Waals surface area contributed by atoms with Crippen LogP contribution >= 0.6 is 0 Å². The predicted octanol–water partition coefficient (Wildman–Crippen LogP) is 1.85.